The van der Waals surface area contributed by atoms with E-state index in [9.17, 15) is 19.8 Å². The topological polar surface area (TPSA) is 87.1 Å². The van der Waals surface area contributed by atoms with Gasteiger partial charge < -0.3 is 14.9 Å². The smallest absolute Gasteiger partial charge is 0.190 e. The van der Waals surface area contributed by atoms with Crippen molar-refractivity contribution in [3.8, 4) is 0 Å². The normalized spacial score (nSPS) is 58.7. The summed E-state index contributed by atoms with van der Waals surface area (Å²) in [5, 5.41) is 21.1. The Balaban J connectivity index is 1.56. The zero-order chi connectivity index (χ0) is 19.4. The van der Waals surface area contributed by atoms with Crippen LogP contribution in [-0.2, 0) is 14.3 Å². The second-order valence-corrected chi connectivity index (χ2v) is 10.7. The van der Waals surface area contributed by atoms with E-state index in [0.717, 1.165) is 25.7 Å². The molecule has 1 aliphatic heterocycles. The fourth-order valence-electron chi connectivity index (χ4n) is 8.55. The maximum atomic E-state index is 12.6. The second-order valence-electron chi connectivity index (χ2n) is 10.7. The van der Waals surface area contributed by atoms with Gasteiger partial charge in [-0.05, 0) is 55.8 Å². The van der Waals surface area contributed by atoms with E-state index in [1.807, 2.05) is 6.92 Å². The maximum Gasteiger partial charge on any atom is 0.190 e. The van der Waals surface area contributed by atoms with Gasteiger partial charge in [0.15, 0.2) is 5.78 Å². The van der Waals surface area contributed by atoms with E-state index in [0.29, 0.717) is 36.9 Å². The minimum Gasteiger partial charge on any atom is -0.388 e. The van der Waals surface area contributed by atoms with Crippen molar-refractivity contribution in [1.29, 1.82) is 0 Å². The zero-order valence-electron chi connectivity index (χ0n) is 16.7. The van der Waals surface area contributed by atoms with Crippen LogP contribution in [0.3, 0.4) is 0 Å². The van der Waals surface area contributed by atoms with Crippen LogP contribution in [0, 0.1) is 34.5 Å². The summed E-state index contributed by atoms with van der Waals surface area (Å²) in [6.45, 7) is 5.75. The monoisotopic (exact) mass is 376 g/mol. The van der Waals surface area contributed by atoms with Crippen LogP contribution in [0.4, 0.5) is 0 Å². The van der Waals surface area contributed by atoms with E-state index in [1.165, 1.54) is 0 Å². The van der Waals surface area contributed by atoms with Gasteiger partial charge in [-0.25, -0.2) is 0 Å². The van der Waals surface area contributed by atoms with E-state index < -0.39 is 23.4 Å². The molecule has 2 N–H and O–H groups in total. The first-order chi connectivity index (χ1) is 12.6. The van der Waals surface area contributed by atoms with Crippen molar-refractivity contribution in [2.45, 2.75) is 83.0 Å². The van der Waals surface area contributed by atoms with Gasteiger partial charge in [-0.15, -0.1) is 0 Å². The Morgan fingerprint density at radius 2 is 1.96 bits per heavy atom. The predicted octanol–water partition coefficient (Wildman–Crippen LogP) is 2.27. The summed E-state index contributed by atoms with van der Waals surface area (Å²) >= 11 is 0. The number of aliphatic hydroxyl groups excluding tert-OH is 1. The minimum absolute atomic E-state index is 0.0285. The van der Waals surface area contributed by atoms with Gasteiger partial charge in [0, 0.05) is 23.7 Å². The van der Waals surface area contributed by atoms with E-state index in [1.54, 1.807) is 0 Å². The van der Waals surface area contributed by atoms with Crippen molar-refractivity contribution in [2.24, 2.45) is 34.5 Å². The third-order valence-corrected chi connectivity index (χ3v) is 10.00. The number of carbonyl (C=O) groups is 2. The summed E-state index contributed by atoms with van der Waals surface area (Å²) in [6, 6.07) is 0. The molecule has 9 atom stereocenters. The number of fused-ring (bicyclic) bond motifs is 3. The van der Waals surface area contributed by atoms with E-state index in [-0.39, 0.29) is 29.0 Å². The number of hydrogen-bond donors (Lipinski definition) is 2. The predicted molar refractivity (Wildman–Crippen MR) is 97.8 cm³/mol. The van der Waals surface area contributed by atoms with Gasteiger partial charge in [-0.1, -0.05) is 20.8 Å². The number of rotatable bonds is 2. The fraction of sp³-hybridized carbons (Fsp3) is 0.909. The number of aliphatic hydroxyl groups is 2. The van der Waals surface area contributed by atoms with Crippen LogP contribution in [0.5, 0.6) is 0 Å². The molecule has 5 aliphatic rings. The van der Waals surface area contributed by atoms with E-state index >= 15 is 0 Å². The van der Waals surface area contributed by atoms with Crippen LogP contribution in [0.2, 0.25) is 0 Å². The minimum atomic E-state index is -1.47. The van der Waals surface area contributed by atoms with Gasteiger partial charge in [0.1, 0.15) is 23.6 Å². The maximum absolute atomic E-state index is 12.6. The van der Waals surface area contributed by atoms with Crippen molar-refractivity contribution in [1.82, 2.24) is 0 Å². The summed E-state index contributed by atoms with van der Waals surface area (Å²) in [5.74, 6) is 0.765. The molecule has 1 heterocycles. The van der Waals surface area contributed by atoms with Crippen LogP contribution in [0.15, 0.2) is 0 Å². The summed E-state index contributed by atoms with van der Waals surface area (Å²) in [6.07, 6.45) is 5.85. The molecule has 0 amide bonds. The van der Waals surface area contributed by atoms with E-state index in [4.69, 9.17) is 4.74 Å². The first-order valence-corrected chi connectivity index (χ1v) is 10.7. The SMILES string of the molecule is C[C@@H]1C[C@H]2[C@@H]3CC[C@H]4CC(=O)CC[C@]4(C)[C@@]34O[C@H]4C[C@]2(C)[C@@]1(O)C(=O)CO. The average molecular weight is 376 g/mol. The summed E-state index contributed by atoms with van der Waals surface area (Å²) in [4.78, 5) is 24.7. The lowest BCUT2D eigenvalue weighted by molar-refractivity contribution is -0.170. The highest BCUT2D eigenvalue weighted by Gasteiger charge is 2.82. The van der Waals surface area contributed by atoms with Crippen molar-refractivity contribution in [3.63, 3.8) is 0 Å². The molecule has 4 saturated carbocycles. The molecule has 27 heavy (non-hydrogen) atoms. The molecule has 0 bridgehead atoms. The van der Waals surface area contributed by atoms with Gasteiger partial charge in [0.25, 0.3) is 0 Å². The highest BCUT2D eigenvalue weighted by molar-refractivity contribution is 5.90. The molecule has 5 rings (SSSR count). The first-order valence-electron chi connectivity index (χ1n) is 10.7. The lowest BCUT2D eigenvalue weighted by atomic mass is 9.44. The van der Waals surface area contributed by atoms with Gasteiger partial charge in [-0.2, -0.15) is 0 Å². The number of hydrogen-bond acceptors (Lipinski definition) is 5. The quantitative estimate of drug-likeness (QED) is 0.722. The Morgan fingerprint density at radius 1 is 1.22 bits per heavy atom. The summed E-state index contributed by atoms with van der Waals surface area (Å²) in [7, 11) is 0. The second kappa shape index (κ2) is 5.22. The van der Waals surface area contributed by atoms with Crippen molar-refractivity contribution >= 4 is 11.6 Å². The molecule has 1 spiro atoms. The van der Waals surface area contributed by atoms with Crippen LogP contribution in [0.25, 0.3) is 0 Å². The summed E-state index contributed by atoms with van der Waals surface area (Å²) < 4.78 is 6.52. The molecule has 0 radical (unpaired) electrons. The van der Waals surface area contributed by atoms with Crippen LogP contribution >= 0.6 is 0 Å². The Labute approximate surface area is 160 Å². The largest absolute Gasteiger partial charge is 0.388 e. The molecule has 5 nitrogen and oxygen atoms in total. The highest BCUT2D eigenvalue weighted by Crippen LogP contribution is 2.77. The molecule has 0 aromatic heterocycles. The van der Waals surface area contributed by atoms with Gasteiger partial charge in [0.05, 0.1) is 6.10 Å². The molecule has 150 valence electrons. The molecule has 0 unspecified atom stereocenters. The summed E-state index contributed by atoms with van der Waals surface area (Å²) in [5.41, 5.74) is -2.16. The van der Waals surface area contributed by atoms with Gasteiger partial charge >= 0.3 is 0 Å². The third-order valence-electron chi connectivity index (χ3n) is 10.00. The van der Waals surface area contributed by atoms with Crippen molar-refractivity contribution < 1.29 is 24.5 Å². The Morgan fingerprint density at radius 3 is 2.67 bits per heavy atom. The molecule has 5 fully saturated rings. The molecular weight excluding hydrogens is 344 g/mol. The highest BCUT2D eigenvalue weighted by atomic mass is 16.6. The number of Topliss-reactive ketones (excluding diaryl/α,β-unsaturated/α-hetero) is 2. The van der Waals surface area contributed by atoms with Crippen molar-refractivity contribution in [2.75, 3.05) is 6.61 Å². The Bertz CT molecular complexity index is 719. The number of ether oxygens (including phenoxy) is 1. The van der Waals surface area contributed by atoms with Crippen LogP contribution in [-0.4, -0.2) is 45.7 Å². The average Bonchev–Trinajstić information content (AvgIpc) is 3.31. The number of ketones is 2. The number of carbonyl (C=O) groups excluding carboxylic acids is 2. The molecule has 4 aliphatic carbocycles. The fourth-order valence-corrected chi connectivity index (χ4v) is 8.55. The van der Waals surface area contributed by atoms with Gasteiger partial charge in [-0.3, -0.25) is 9.59 Å². The van der Waals surface area contributed by atoms with E-state index in [2.05, 4.69) is 13.8 Å². The number of epoxide rings is 1. The standard InChI is InChI=1S/C22H32O5/c1-12-8-16-15-5-4-13-9-14(24)6-7-19(13,2)22(15)18(27-22)10-20(16,3)21(12,26)17(25)11-23/h12-13,15-16,18,23,26H,4-11H2,1-3H3/t12-,13+,15+,16+,18+,19+,20+,21+,22-/m1/s1. The molecule has 0 aromatic carbocycles. The van der Waals surface area contributed by atoms with Gasteiger partial charge in [0.2, 0.25) is 0 Å². The Hall–Kier alpha value is -0.780. The lowest BCUT2D eigenvalue weighted by Gasteiger charge is -2.58. The van der Waals surface area contributed by atoms with Crippen LogP contribution < -0.4 is 0 Å². The Kier molecular flexibility index (Phi) is 3.53. The molecular formula is C22H32O5. The first kappa shape index (κ1) is 18.3. The zero-order valence-corrected chi connectivity index (χ0v) is 16.7. The third kappa shape index (κ3) is 1.83. The lowest BCUT2D eigenvalue weighted by Crippen LogP contribution is -2.64. The molecule has 1 saturated heterocycles. The van der Waals surface area contributed by atoms with Crippen molar-refractivity contribution in [3.05, 3.63) is 0 Å². The van der Waals surface area contributed by atoms with Crippen LogP contribution in [0.1, 0.15) is 65.7 Å². The molecule has 5 heteroatoms. The molecule has 0 aromatic rings.